The molecule has 15 heavy (non-hydrogen) atoms. The third-order valence-electron chi connectivity index (χ3n) is 2.42. The van der Waals surface area contributed by atoms with Gasteiger partial charge in [-0.3, -0.25) is 4.79 Å². The van der Waals surface area contributed by atoms with Gasteiger partial charge < -0.3 is 5.11 Å². The Balaban J connectivity index is 3.06. The van der Waals surface area contributed by atoms with Gasteiger partial charge in [-0.2, -0.15) is 0 Å². The van der Waals surface area contributed by atoms with Crippen LogP contribution in [0.4, 0.5) is 0 Å². The molecule has 0 fully saturated rings. The van der Waals surface area contributed by atoms with Crippen LogP contribution in [0.1, 0.15) is 64.7 Å². The molecule has 0 radical (unpaired) electrons. The van der Waals surface area contributed by atoms with Crippen LogP contribution in [-0.2, 0) is 4.79 Å². The van der Waals surface area contributed by atoms with E-state index in [-0.39, 0.29) is 6.42 Å². The Morgan fingerprint density at radius 3 is 2.27 bits per heavy atom. The van der Waals surface area contributed by atoms with Crippen LogP contribution in [0.3, 0.4) is 0 Å². The first-order valence-corrected chi connectivity index (χ1v) is 6.14. The summed E-state index contributed by atoms with van der Waals surface area (Å²) in [6, 6.07) is 0. The Morgan fingerprint density at radius 1 is 1.00 bits per heavy atom. The summed E-state index contributed by atoms with van der Waals surface area (Å²) in [6.07, 6.45) is 14.0. The molecule has 0 atom stereocenters. The van der Waals surface area contributed by atoms with Crippen LogP contribution in [0, 0.1) is 0 Å². The quantitative estimate of drug-likeness (QED) is 0.436. The fourth-order valence-corrected chi connectivity index (χ4v) is 1.49. The number of aliphatic carboxylic acids is 1. The molecule has 0 aromatic rings. The predicted molar refractivity (Wildman–Crippen MR) is 64.0 cm³/mol. The molecule has 0 amide bonds. The normalized spacial score (nSPS) is 11.0. The number of unbranched alkanes of at least 4 members (excludes halogenated alkanes) is 6. The van der Waals surface area contributed by atoms with Crippen LogP contribution in [0.25, 0.3) is 0 Å². The summed E-state index contributed by atoms with van der Waals surface area (Å²) in [5.74, 6) is -0.709. The van der Waals surface area contributed by atoms with Gasteiger partial charge in [-0.25, -0.2) is 0 Å². The monoisotopic (exact) mass is 212 g/mol. The largest absolute Gasteiger partial charge is 0.481 e. The minimum Gasteiger partial charge on any atom is -0.481 e. The highest BCUT2D eigenvalue weighted by Gasteiger charge is 1.91. The van der Waals surface area contributed by atoms with Gasteiger partial charge >= 0.3 is 5.97 Å². The van der Waals surface area contributed by atoms with Crippen molar-refractivity contribution in [3.8, 4) is 0 Å². The molecule has 0 saturated carbocycles. The fraction of sp³-hybridized carbons (Fsp3) is 0.769. The molecule has 0 aliphatic heterocycles. The number of allylic oxidation sites excluding steroid dienone is 2. The van der Waals surface area contributed by atoms with Crippen LogP contribution in [-0.4, -0.2) is 11.1 Å². The molecule has 0 saturated heterocycles. The third kappa shape index (κ3) is 13.2. The Bertz CT molecular complexity index is 173. The van der Waals surface area contributed by atoms with E-state index >= 15 is 0 Å². The molecule has 2 heteroatoms. The summed E-state index contributed by atoms with van der Waals surface area (Å²) in [5.41, 5.74) is 0. The number of hydrogen-bond acceptors (Lipinski definition) is 1. The number of carbonyl (C=O) groups is 1. The van der Waals surface area contributed by atoms with Crippen molar-refractivity contribution in [1.82, 2.24) is 0 Å². The van der Waals surface area contributed by atoms with Gasteiger partial charge in [0.1, 0.15) is 0 Å². The van der Waals surface area contributed by atoms with Gasteiger partial charge in [-0.05, 0) is 19.3 Å². The lowest BCUT2D eigenvalue weighted by atomic mass is 10.1. The number of carboxylic acid groups (broad SMARTS) is 1. The summed E-state index contributed by atoms with van der Waals surface area (Å²) in [7, 11) is 0. The highest BCUT2D eigenvalue weighted by atomic mass is 16.4. The fourth-order valence-electron chi connectivity index (χ4n) is 1.49. The van der Waals surface area contributed by atoms with Gasteiger partial charge in [0.15, 0.2) is 0 Å². The zero-order valence-corrected chi connectivity index (χ0v) is 9.87. The molecular weight excluding hydrogens is 188 g/mol. The van der Waals surface area contributed by atoms with E-state index in [1.165, 1.54) is 38.5 Å². The molecule has 0 bridgehead atoms. The second-order valence-corrected chi connectivity index (χ2v) is 3.96. The topological polar surface area (TPSA) is 37.3 Å². The average Bonchev–Trinajstić information content (AvgIpc) is 2.20. The highest BCUT2D eigenvalue weighted by molar-refractivity contribution is 5.66. The SMILES string of the molecule is CCCCCCCC/C=C/CCC(=O)O. The summed E-state index contributed by atoms with van der Waals surface area (Å²) < 4.78 is 0. The van der Waals surface area contributed by atoms with Crippen LogP contribution in [0.5, 0.6) is 0 Å². The van der Waals surface area contributed by atoms with Crippen molar-refractivity contribution in [2.24, 2.45) is 0 Å². The van der Waals surface area contributed by atoms with Gasteiger partial charge in [-0.1, -0.05) is 51.2 Å². The number of carboxylic acids is 1. The lowest BCUT2D eigenvalue weighted by Crippen LogP contribution is -1.91. The second kappa shape index (κ2) is 11.3. The van der Waals surface area contributed by atoms with Crippen molar-refractivity contribution in [3.05, 3.63) is 12.2 Å². The van der Waals surface area contributed by atoms with Crippen LogP contribution >= 0.6 is 0 Å². The number of hydrogen-bond donors (Lipinski definition) is 1. The molecular formula is C13H24O2. The van der Waals surface area contributed by atoms with Gasteiger partial charge in [0.2, 0.25) is 0 Å². The smallest absolute Gasteiger partial charge is 0.303 e. The lowest BCUT2D eigenvalue weighted by molar-refractivity contribution is -0.136. The molecule has 0 aromatic carbocycles. The molecule has 0 rings (SSSR count). The van der Waals surface area contributed by atoms with Crippen LogP contribution in [0.2, 0.25) is 0 Å². The molecule has 0 spiro atoms. The van der Waals surface area contributed by atoms with E-state index in [0.29, 0.717) is 6.42 Å². The molecule has 2 nitrogen and oxygen atoms in total. The first-order chi connectivity index (χ1) is 7.27. The van der Waals surface area contributed by atoms with Gasteiger partial charge in [-0.15, -0.1) is 0 Å². The molecule has 88 valence electrons. The highest BCUT2D eigenvalue weighted by Crippen LogP contribution is 2.07. The first-order valence-electron chi connectivity index (χ1n) is 6.14. The standard InChI is InChI=1S/C13H24O2/c1-2-3-4-5-6-7-8-9-10-11-12-13(14)15/h9-10H,2-8,11-12H2,1H3,(H,14,15)/b10-9+. The van der Waals surface area contributed by atoms with Crippen molar-refractivity contribution in [1.29, 1.82) is 0 Å². The van der Waals surface area contributed by atoms with Gasteiger partial charge in [0.05, 0.1) is 0 Å². The maximum absolute atomic E-state index is 10.2. The van der Waals surface area contributed by atoms with Crippen molar-refractivity contribution < 1.29 is 9.90 Å². The van der Waals surface area contributed by atoms with Gasteiger partial charge in [0, 0.05) is 6.42 Å². The maximum atomic E-state index is 10.2. The Kier molecular flexibility index (Phi) is 10.7. The number of rotatable bonds is 10. The average molecular weight is 212 g/mol. The van der Waals surface area contributed by atoms with Crippen LogP contribution < -0.4 is 0 Å². The molecule has 0 aliphatic carbocycles. The first kappa shape index (κ1) is 14.2. The van der Waals surface area contributed by atoms with Crippen molar-refractivity contribution in [3.63, 3.8) is 0 Å². The minimum absolute atomic E-state index is 0.257. The zero-order valence-electron chi connectivity index (χ0n) is 9.87. The lowest BCUT2D eigenvalue weighted by Gasteiger charge is -1.97. The van der Waals surface area contributed by atoms with E-state index in [0.717, 1.165) is 6.42 Å². The van der Waals surface area contributed by atoms with E-state index in [2.05, 4.69) is 13.0 Å². The van der Waals surface area contributed by atoms with E-state index in [9.17, 15) is 4.79 Å². The second-order valence-electron chi connectivity index (χ2n) is 3.96. The minimum atomic E-state index is -0.709. The van der Waals surface area contributed by atoms with Crippen molar-refractivity contribution in [2.45, 2.75) is 64.7 Å². The van der Waals surface area contributed by atoms with E-state index in [1.54, 1.807) is 0 Å². The van der Waals surface area contributed by atoms with Crippen LogP contribution in [0.15, 0.2) is 12.2 Å². The van der Waals surface area contributed by atoms with Gasteiger partial charge in [0.25, 0.3) is 0 Å². The summed E-state index contributed by atoms with van der Waals surface area (Å²) in [4.78, 5) is 10.2. The summed E-state index contributed by atoms with van der Waals surface area (Å²) in [5, 5.41) is 8.40. The predicted octanol–water partition coefficient (Wildman–Crippen LogP) is 4.16. The van der Waals surface area contributed by atoms with Crippen molar-refractivity contribution in [2.75, 3.05) is 0 Å². The molecule has 0 unspecified atom stereocenters. The Labute approximate surface area is 93.4 Å². The maximum Gasteiger partial charge on any atom is 0.303 e. The third-order valence-corrected chi connectivity index (χ3v) is 2.42. The summed E-state index contributed by atoms with van der Waals surface area (Å²) >= 11 is 0. The van der Waals surface area contributed by atoms with E-state index < -0.39 is 5.97 Å². The molecule has 1 N–H and O–H groups in total. The van der Waals surface area contributed by atoms with E-state index in [1.807, 2.05) is 6.08 Å². The van der Waals surface area contributed by atoms with Crippen molar-refractivity contribution >= 4 is 5.97 Å². The molecule has 0 heterocycles. The Hall–Kier alpha value is -0.790. The Morgan fingerprint density at radius 2 is 1.60 bits per heavy atom. The molecule has 0 aliphatic rings. The molecule has 0 aromatic heterocycles. The summed E-state index contributed by atoms with van der Waals surface area (Å²) in [6.45, 7) is 2.23. The van der Waals surface area contributed by atoms with E-state index in [4.69, 9.17) is 5.11 Å². The zero-order chi connectivity index (χ0) is 11.4.